The third kappa shape index (κ3) is 4.88. The summed E-state index contributed by atoms with van der Waals surface area (Å²) in [6, 6.07) is 2.61. The van der Waals surface area contributed by atoms with E-state index in [0.717, 1.165) is 45.6 Å². The largest absolute Gasteiger partial charge is 0.336 e. The van der Waals surface area contributed by atoms with Gasteiger partial charge in [0.15, 0.2) is 0 Å². The lowest BCUT2D eigenvalue weighted by atomic mass is 9.84. The molecule has 2 heterocycles. The van der Waals surface area contributed by atoms with E-state index in [1.807, 2.05) is 25.7 Å². The molecule has 0 aromatic carbocycles. The monoisotopic (exact) mass is 306 g/mol. The van der Waals surface area contributed by atoms with Gasteiger partial charge in [0.25, 0.3) is 0 Å². The highest BCUT2D eigenvalue weighted by Gasteiger charge is 2.35. The van der Waals surface area contributed by atoms with Crippen LogP contribution in [0.1, 0.15) is 40.0 Å². The molecule has 0 aromatic heterocycles. The summed E-state index contributed by atoms with van der Waals surface area (Å²) in [7, 11) is 0. The maximum absolute atomic E-state index is 12.2. The van der Waals surface area contributed by atoms with Crippen LogP contribution in [0, 0.1) is 29.1 Å². The number of piperidine rings is 2. The number of amides is 2. The molecule has 2 saturated heterocycles. The molecular formula is C17H30N4O. The second-order valence-corrected chi connectivity index (χ2v) is 7.41. The number of rotatable bonds is 5. The summed E-state index contributed by atoms with van der Waals surface area (Å²) >= 11 is 0. The quantitative estimate of drug-likeness (QED) is 0.848. The number of hydrogen-bond donors (Lipinski definition) is 1. The number of fused-ring (bicyclic) bond motifs is 2. The molecule has 2 amide bonds. The van der Waals surface area contributed by atoms with Gasteiger partial charge in [-0.05, 0) is 58.4 Å². The van der Waals surface area contributed by atoms with Crippen molar-refractivity contribution in [2.45, 2.75) is 46.1 Å². The van der Waals surface area contributed by atoms with E-state index < -0.39 is 0 Å². The molecule has 5 heteroatoms. The van der Waals surface area contributed by atoms with Gasteiger partial charge in [0.1, 0.15) is 0 Å². The Morgan fingerprint density at radius 3 is 2.41 bits per heavy atom. The maximum Gasteiger partial charge on any atom is 0.317 e. The van der Waals surface area contributed by atoms with Gasteiger partial charge in [0.2, 0.25) is 0 Å². The first-order valence-electron chi connectivity index (χ1n) is 8.65. The normalized spacial score (nSPS) is 26.6. The topological polar surface area (TPSA) is 59.4 Å². The van der Waals surface area contributed by atoms with E-state index in [-0.39, 0.29) is 18.0 Å². The van der Waals surface area contributed by atoms with E-state index in [4.69, 9.17) is 5.26 Å². The van der Waals surface area contributed by atoms with Gasteiger partial charge in [0, 0.05) is 38.1 Å². The van der Waals surface area contributed by atoms with Gasteiger partial charge in [-0.25, -0.2) is 4.79 Å². The van der Waals surface area contributed by atoms with Crippen LogP contribution in [0.2, 0.25) is 0 Å². The van der Waals surface area contributed by atoms with E-state index in [0.29, 0.717) is 11.8 Å². The van der Waals surface area contributed by atoms with Gasteiger partial charge in [-0.1, -0.05) is 0 Å². The molecule has 2 fully saturated rings. The van der Waals surface area contributed by atoms with Crippen LogP contribution in [-0.2, 0) is 0 Å². The van der Waals surface area contributed by atoms with Crippen LogP contribution in [0.5, 0.6) is 0 Å². The summed E-state index contributed by atoms with van der Waals surface area (Å²) in [5.74, 6) is 1.39. The number of carbonyl (C=O) groups excluding carboxylic acids is 1. The predicted molar refractivity (Wildman–Crippen MR) is 87.3 cm³/mol. The third-order valence-corrected chi connectivity index (χ3v) is 4.69. The van der Waals surface area contributed by atoms with E-state index in [1.54, 1.807) is 0 Å². The summed E-state index contributed by atoms with van der Waals surface area (Å²) in [5, 5.41) is 11.8. The average molecular weight is 306 g/mol. The minimum Gasteiger partial charge on any atom is -0.336 e. The van der Waals surface area contributed by atoms with Gasteiger partial charge in [-0.3, -0.25) is 0 Å². The Morgan fingerprint density at radius 2 is 1.86 bits per heavy atom. The number of urea groups is 1. The van der Waals surface area contributed by atoms with Crippen molar-refractivity contribution >= 4 is 6.03 Å². The molecule has 22 heavy (non-hydrogen) atoms. The third-order valence-electron chi connectivity index (χ3n) is 4.69. The smallest absolute Gasteiger partial charge is 0.317 e. The highest BCUT2D eigenvalue weighted by molar-refractivity contribution is 5.74. The zero-order chi connectivity index (χ0) is 16.1. The number of nitrogens with one attached hydrogen (secondary N) is 1. The first kappa shape index (κ1) is 17.1. The highest BCUT2D eigenvalue weighted by atomic mass is 16.2. The minimum absolute atomic E-state index is 0.0981. The number of hydrogen-bond acceptors (Lipinski definition) is 3. The van der Waals surface area contributed by atoms with Crippen molar-refractivity contribution in [3.63, 3.8) is 0 Å². The zero-order valence-electron chi connectivity index (χ0n) is 14.2. The molecule has 124 valence electrons. The maximum atomic E-state index is 12.2. The van der Waals surface area contributed by atoms with Crippen molar-refractivity contribution in [2.75, 3.05) is 32.7 Å². The van der Waals surface area contributed by atoms with Gasteiger partial charge >= 0.3 is 6.03 Å². The van der Waals surface area contributed by atoms with E-state index in [2.05, 4.69) is 16.3 Å². The molecule has 0 radical (unpaired) electrons. The molecule has 0 spiro atoms. The van der Waals surface area contributed by atoms with Crippen LogP contribution in [0.4, 0.5) is 4.79 Å². The Balaban J connectivity index is 1.77. The van der Waals surface area contributed by atoms with Crippen molar-refractivity contribution in [3.05, 3.63) is 0 Å². The number of likely N-dealkylation sites (tertiary alicyclic amines) is 2. The van der Waals surface area contributed by atoms with E-state index >= 15 is 0 Å². The van der Waals surface area contributed by atoms with Gasteiger partial charge in [-0.15, -0.1) is 0 Å². The van der Waals surface area contributed by atoms with Crippen LogP contribution < -0.4 is 5.32 Å². The van der Waals surface area contributed by atoms with Crippen molar-refractivity contribution in [1.82, 2.24) is 15.1 Å². The Hall–Kier alpha value is -1.28. The van der Waals surface area contributed by atoms with Gasteiger partial charge in [-0.2, -0.15) is 5.26 Å². The predicted octanol–water partition coefficient (Wildman–Crippen LogP) is 2.30. The zero-order valence-corrected chi connectivity index (χ0v) is 14.2. The summed E-state index contributed by atoms with van der Waals surface area (Å²) in [5.41, 5.74) is 0. The molecule has 2 aliphatic rings. The number of carbonyl (C=O) groups is 1. The highest BCUT2D eigenvalue weighted by Crippen LogP contribution is 2.28. The second-order valence-electron chi connectivity index (χ2n) is 7.41. The molecule has 3 unspecified atom stereocenters. The van der Waals surface area contributed by atoms with Crippen LogP contribution in [0.15, 0.2) is 0 Å². The first-order valence-corrected chi connectivity index (χ1v) is 8.65. The summed E-state index contributed by atoms with van der Waals surface area (Å²) in [6.07, 6.45) is 3.35. The van der Waals surface area contributed by atoms with Crippen LogP contribution >= 0.6 is 0 Å². The molecule has 0 aliphatic carbocycles. The Kier molecular flexibility index (Phi) is 6.07. The van der Waals surface area contributed by atoms with Crippen LogP contribution in [-0.4, -0.2) is 54.6 Å². The fourth-order valence-electron chi connectivity index (χ4n) is 3.76. The molecule has 0 saturated carbocycles. The van der Waals surface area contributed by atoms with Crippen LogP contribution in [0.25, 0.3) is 0 Å². The molecule has 0 aromatic rings. The molecule has 2 aliphatic heterocycles. The molecule has 1 N–H and O–H groups in total. The fourth-order valence-corrected chi connectivity index (χ4v) is 3.76. The molecule has 5 nitrogen and oxygen atoms in total. The first-order chi connectivity index (χ1) is 10.5. The lowest BCUT2D eigenvalue weighted by Crippen LogP contribution is -2.56. The Bertz CT molecular complexity index is 403. The van der Waals surface area contributed by atoms with Crippen molar-refractivity contribution in [3.8, 4) is 6.07 Å². The van der Waals surface area contributed by atoms with Gasteiger partial charge < -0.3 is 15.1 Å². The summed E-state index contributed by atoms with van der Waals surface area (Å²) in [4.78, 5) is 16.7. The SMILES string of the molecule is CC(C#N)CCCN1CC2CC(C1)CN(C(=O)NC(C)C)C2. The Morgan fingerprint density at radius 1 is 1.23 bits per heavy atom. The fraction of sp³-hybridized carbons (Fsp3) is 0.882. The Labute approximate surface area is 134 Å². The lowest BCUT2D eigenvalue weighted by Gasteiger charge is -2.46. The standard InChI is InChI=1S/C17H30N4O/c1-13(2)19-17(22)21-11-15-7-16(12-21)10-20(9-15)6-4-5-14(3)8-18/h13-16H,4-7,9-12H2,1-3H3,(H,19,22). The van der Waals surface area contributed by atoms with E-state index in [1.165, 1.54) is 6.42 Å². The lowest BCUT2D eigenvalue weighted by molar-refractivity contribution is 0.0452. The summed E-state index contributed by atoms with van der Waals surface area (Å²) < 4.78 is 0. The molecule has 2 rings (SSSR count). The van der Waals surface area contributed by atoms with Crippen molar-refractivity contribution in [1.29, 1.82) is 5.26 Å². The average Bonchev–Trinajstić information content (AvgIpc) is 2.45. The van der Waals surface area contributed by atoms with Crippen LogP contribution in [0.3, 0.4) is 0 Å². The molecule has 2 bridgehead atoms. The van der Waals surface area contributed by atoms with Gasteiger partial charge in [0.05, 0.1) is 6.07 Å². The van der Waals surface area contributed by atoms with Crippen molar-refractivity contribution < 1.29 is 4.79 Å². The van der Waals surface area contributed by atoms with Crippen molar-refractivity contribution in [2.24, 2.45) is 17.8 Å². The second kappa shape index (κ2) is 7.82. The molecular weight excluding hydrogens is 276 g/mol. The molecule has 3 atom stereocenters. The minimum atomic E-state index is 0.0981. The number of nitriles is 1. The summed E-state index contributed by atoms with van der Waals surface area (Å²) in [6.45, 7) is 11.1. The number of nitrogens with zero attached hydrogens (tertiary/aromatic N) is 3. The van der Waals surface area contributed by atoms with E-state index in [9.17, 15) is 4.79 Å².